The van der Waals surface area contributed by atoms with Crippen LogP contribution in [0.25, 0.3) is 10.8 Å². The molecule has 0 heterocycles. The monoisotopic (exact) mass is 255 g/mol. The van der Waals surface area contributed by atoms with Crippen LogP contribution in [0, 0.1) is 5.82 Å². The van der Waals surface area contributed by atoms with Gasteiger partial charge in [0.25, 0.3) is 0 Å². The first-order valence-electron chi connectivity index (χ1n) is 3.96. The van der Waals surface area contributed by atoms with E-state index in [1.54, 1.807) is 6.07 Å². The second-order valence-corrected chi connectivity index (χ2v) is 3.79. The SMILES string of the molecule is Nc1cc(O)cc2ccc(F)c(Br)c12. The standard InChI is InChI=1S/C10H7BrFNO/c11-10-7(12)2-1-5-3-6(14)4-8(13)9(5)10/h1-4,14H,13H2. The largest absolute Gasteiger partial charge is 0.508 e. The highest BCUT2D eigenvalue weighted by molar-refractivity contribution is 9.10. The van der Waals surface area contributed by atoms with Crippen LogP contribution in [0.15, 0.2) is 28.7 Å². The Morgan fingerprint density at radius 3 is 2.71 bits per heavy atom. The molecule has 0 fully saturated rings. The van der Waals surface area contributed by atoms with Gasteiger partial charge in [0.2, 0.25) is 0 Å². The first kappa shape index (κ1) is 9.27. The van der Waals surface area contributed by atoms with Crippen molar-refractivity contribution in [3.05, 3.63) is 34.6 Å². The first-order valence-corrected chi connectivity index (χ1v) is 4.75. The highest BCUT2D eigenvalue weighted by Gasteiger charge is 2.08. The number of phenols is 1. The molecule has 0 aromatic heterocycles. The van der Waals surface area contributed by atoms with Crippen molar-refractivity contribution >= 4 is 32.4 Å². The molecule has 3 N–H and O–H groups in total. The van der Waals surface area contributed by atoms with Gasteiger partial charge < -0.3 is 10.8 Å². The minimum absolute atomic E-state index is 0.0773. The third kappa shape index (κ3) is 1.32. The fourth-order valence-electron chi connectivity index (χ4n) is 1.41. The summed E-state index contributed by atoms with van der Waals surface area (Å²) in [6, 6.07) is 5.83. The number of anilines is 1. The molecule has 0 atom stereocenters. The van der Waals surface area contributed by atoms with Gasteiger partial charge in [-0.2, -0.15) is 0 Å². The van der Waals surface area contributed by atoms with Crippen LogP contribution in [-0.2, 0) is 0 Å². The number of rotatable bonds is 0. The summed E-state index contributed by atoms with van der Waals surface area (Å²) < 4.78 is 13.5. The molecule has 0 spiro atoms. The second-order valence-electron chi connectivity index (χ2n) is 2.99. The zero-order chi connectivity index (χ0) is 10.3. The number of nitrogen functional groups attached to an aromatic ring is 1. The van der Waals surface area contributed by atoms with Crippen molar-refractivity contribution in [2.24, 2.45) is 0 Å². The Morgan fingerprint density at radius 1 is 1.29 bits per heavy atom. The Labute approximate surface area is 88.3 Å². The number of benzene rings is 2. The second kappa shape index (κ2) is 3.13. The molecule has 2 rings (SSSR count). The summed E-state index contributed by atoms with van der Waals surface area (Å²) in [6.07, 6.45) is 0. The van der Waals surface area contributed by atoms with Gasteiger partial charge in [0.15, 0.2) is 0 Å². The normalized spacial score (nSPS) is 10.7. The maximum Gasteiger partial charge on any atom is 0.138 e. The lowest BCUT2D eigenvalue weighted by Gasteiger charge is -2.06. The fourth-order valence-corrected chi connectivity index (χ4v) is 2.00. The summed E-state index contributed by atoms with van der Waals surface area (Å²) in [5.41, 5.74) is 6.02. The number of phenolic OH excluding ortho intramolecular Hbond substituents is 1. The van der Waals surface area contributed by atoms with Gasteiger partial charge in [-0.15, -0.1) is 0 Å². The number of nitrogens with two attached hydrogens (primary N) is 1. The van der Waals surface area contributed by atoms with E-state index in [2.05, 4.69) is 15.9 Å². The minimum Gasteiger partial charge on any atom is -0.508 e. The van der Waals surface area contributed by atoms with E-state index in [1.807, 2.05) is 0 Å². The summed E-state index contributed by atoms with van der Waals surface area (Å²) in [4.78, 5) is 0. The van der Waals surface area contributed by atoms with Crippen molar-refractivity contribution in [2.75, 3.05) is 5.73 Å². The molecule has 0 saturated carbocycles. The Balaban J connectivity index is 2.95. The van der Waals surface area contributed by atoms with Gasteiger partial charge in [0.1, 0.15) is 11.6 Å². The predicted octanol–water partition coefficient (Wildman–Crippen LogP) is 3.03. The Bertz CT molecular complexity index is 513. The van der Waals surface area contributed by atoms with Crippen LogP contribution in [0.3, 0.4) is 0 Å². The van der Waals surface area contributed by atoms with E-state index in [-0.39, 0.29) is 11.6 Å². The van der Waals surface area contributed by atoms with Gasteiger partial charge in [0.05, 0.1) is 4.47 Å². The summed E-state index contributed by atoms with van der Waals surface area (Å²) in [5.74, 6) is -0.289. The molecule has 4 heteroatoms. The lowest BCUT2D eigenvalue weighted by atomic mass is 10.1. The van der Waals surface area contributed by atoms with Gasteiger partial charge >= 0.3 is 0 Å². The summed E-state index contributed by atoms with van der Waals surface area (Å²) >= 11 is 3.12. The molecule has 0 aliphatic heterocycles. The predicted molar refractivity (Wildman–Crippen MR) is 57.7 cm³/mol. The van der Waals surface area contributed by atoms with Crippen LogP contribution in [-0.4, -0.2) is 5.11 Å². The third-order valence-electron chi connectivity index (χ3n) is 2.02. The molecule has 0 saturated heterocycles. The van der Waals surface area contributed by atoms with E-state index in [0.29, 0.717) is 20.9 Å². The molecule has 0 aliphatic carbocycles. The molecule has 0 bridgehead atoms. The maximum atomic E-state index is 13.2. The van der Waals surface area contributed by atoms with Crippen LogP contribution >= 0.6 is 15.9 Å². The van der Waals surface area contributed by atoms with Crippen LogP contribution < -0.4 is 5.73 Å². The van der Waals surface area contributed by atoms with Crippen molar-refractivity contribution in [3.63, 3.8) is 0 Å². The average molecular weight is 256 g/mol. The van der Waals surface area contributed by atoms with Crippen molar-refractivity contribution in [3.8, 4) is 5.75 Å². The molecule has 0 amide bonds. The minimum atomic E-state index is -0.366. The molecule has 2 nitrogen and oxygen atoms in total. The highest BCUT2D eigenvalue weighted by Crippen LogP contribution is 2.33. The van der Waals surface area contributed by atoms with E-state index in [9.17, 15) is 9.50 Å². The fraction of sp³-hybridized carbons (Fsp3) is 0. The Hall–Kier alpha value is -1.29. The lowest BCUT2D eigenvalue weighted by molar-refractivity contribution is 0.476. The number of hydrogen-bond acceptors (Lipinski definition) is 2. The molecule has 14 heavy (non-hydrogen) atoms. The highest BCUT2D eigenvalue weighted by atomic mass is 79.9. The van der Waals surface area contributed by atoms with Crippen molar-refractivity contribution in [1.29, 1.82) is 0 Å². The van der Waals surface area contributed by atoms with Crippen molar-refractivity contribution < 1.29 is 9.50 Å². The lowest BCUT2D eigenvalue weighted by Crippen LogP contribution is -1.89. The summed E-state index contributed by atoms with van der Waals surface area (Å²) in [5, 5.41) is 10.6. The zero-order valence-electron chi connectivity index (χ0n) is 7.09. The first-order chi connectivity index (χ1) is 6.59. The number of fused-ring (bicyclic) bond motifs is 1. The maximum absolute atomic E-state index is 13.2. The van der Waals surface area contributed by atoms with Gasteiger partial charge in [0, 0.05) is 17.1 Å². The van der Waals surface area contributed by atoms with Crippen LogP contribution in [0.5, 0.6) is 5.75 Å². The van der Waals surface area contributed by atoms with Gasteiger partial charge in [-0.3, -0.25) is 0 Å². The molecule has 0 radical (unpaired) electrons. The molecular weight excluding hydrogens is 249 g/mol. The molecule has 2 aromatic carbocycles. The van der Waals surface area contributed by atoms with Gasteiger partial charge in [-0.25, -0.2) is 4.39 Å². The van der Waals surface area contributed by atoms with Crippen LogP contribution in [0.4, 0.5) is 10.1 Å². The van der Waals surface area contributed by atoms with Crippen LogP contribution in [0.2, 0.25) is 0 Å². The molecular formula is C10H7BrFNO. The number of hydrogen-bond donors (Lipinski definition) is 2. The average Bonchev–Trinajstić information content (AvgIpc) is 2.10. The Morgan fingerprint density at radius 2 is 2.00 bits per heavy atom. The quantitative estimate of drug-likeness (QED) is 0.711. The smallest absolute Gasteiger partial charge is 0.138 e. The van der Waals surface area contributed by atoms with Crippen molar-refractivity contribution in [1.82, 2.24) is 0 Å². The van der Waals surface area contributed by atoms with Crippen molar-refractivity contribution in [2.45, 2.75) is 0 Å². The van der Waals surface area contributed by atoms with E-state index in [0.717, 1.165) is 0 Å². The molecule has 2 aromatic rings. The third-order valence-corrected chi connectivity index (χ3v) is 2.80. The molecule has 0 aliphatic rings. The van der Waals surface area contributed by atoms with E-state index in [1.165, 1.54) is 18.2 Å². The summed E-state index contributed by atoms with van der Waals surface area (Å²) in [7, 11) is 0. The van der Waals surface area contributed by atoms with E-state index in [4.69, 9.17) is 5.73 Å². The van der Waals surface area contributed by atoms with E-state index >= 15 is 0 Å². The van der Waals surface area contributed by atoms with Crippen LogP contribution in [0.1, 0.15) is 0 Å². The van der Waals surface area contributed by atoms with E-state index < -0.39 is 0 Å². The van der Waals surface area contributed by atoms with Gasteiger partial charge in [-0.05, 0) is 33.4 Å². The number of halogens is 2. The Kier molecular flexibility index (Phi) is 2.07. The molecule has 72 valence electrons. The zero-order valence-corrected chi connectivity index (χ0v) is 8.68. The topological polar surface area (TPSA) is 46.2 Å². The van der Waals surface area contributed by atoms with Gasteiger partial charge in [-0.1, -0.05) is 6.07 Å². The number of aromatic hydroxyl groups is 1. The molecule has 0 unspecified atom stereocenters. The summed E-state index contributed by atoms with van der Waals surface area (Å²) in [6.45, 7) is 0.